The number of anilines is 3. The van der Waals surface area contributed by atoms with E-state index < -0.39 is 31.6 Å². The van der Waals surface area contributed by atoms with Gasteiger partial charge in [-0.1, -0.05) is 55.5 Å². The third-order valence-corrected chi connectivity index (χ3v) is 12.3. The average molecular weight is 630 g/mol. The molecule has 3 aliphatic rings. The van der Waals surface area contributed by atoms with Crippen LogP contribution < -0.4 is 9.80 Å². The highest BCUT2D eigenvalue weighted by Crippen LogP contribution is 2.60. The van der Waals surface area contributed by atoms with Crippen molar-refractivity contribution in [3.63, 3.8) is 0 Å². The molecule has 2 fully saturated rings. The number of benzene rings is 3. The summed E-state index contributed by atoms with van der Waals surface area (Å²) in [5, 5.41) is 9.79. The number of amides is 3. The molecule has 0 unspecified atom stereocenters. The van der Waals surface area contributed by atoms with E-state index in [2.05, 4.69) is 0 Å². The molecule has 3 aromatic carbocycles. The van der Waals surface area contributed by atoms with E-state index in [-0.39, 0.29) is 37.4 Å². The molecule has 1 N–H and O–H groups in total. The van der Waals surface area contributed by atoms with E-state index in [1.165, 1.54) is 0 Å². The van der Waals surface area contributed by atoms with Crippen molar-refractivity contribution >= 4 is 43.7 Å². The first-order chi connectivity index (χ1) is 21.6. The minimum Gasteiger partial charge on any atom is -0.394 e. The largest absolute Gasteiger partial charge is 0.394 e. The standard InChI is InChI=1S/C35H40FN3O5Si/c1-24-33(45(2,3)36)31(20-32(42)37-19-9-12-28(37)22-40)44-35(24)29-13-7-8-14-30(29)38(34(35)43)21-25-15-17-27(18-16-25)39(23-41)26-10-5-4-6-11-26/h4-8,10-11,13-18,23-24,28,31,33,40H,9,12,19-22H2,1-3H3/t24-,28-,31+,33-,35+/m0/s1. The first-order valence-electron chi connectivity index (χ1n) is 15.7. The van der Waals surface area contributed by atoms with Crippen LogP contribution in [0.25, 0.3) is 0 Å². The molecular formula is C35H40FN3O5Si. The maximum atomic E-state index is 16.1. The fraction of sp³-hybridized carbons (Fsp3) is 0.400. The number of halogens is 1. The monoisotopic (exact) mass is 629 g/mol. The minimum atomic E-state index is -3.42. The van der Waals surface area contributed by atoms with Gasteiger partial charge in [0.15, 0.2) is 5.60 Å². The van der Waals surface area contributed by atoms with E-state index in [0.717, 1.165) is 30.5 Å². The van der Waals surface area contributed by atoms with Gasteiger partial charge in [-0.25, -0.2) is 0 Å². The number of fused-ring (bicyclic) bond motifs is 2. The Morgan fingerprint density at radius 3 is 2.40 bits per heavy atom. The van der Waals surface area contributed by atoms with Crippen molar-refractivity contribution in [1.82, 2.24) is 4.90 Å². The molecule has 45 heavy (non-hydrogen) atoms. The Bertz CT molecular complexity index is 1570. The van der Waals surface area contributed by atoms with Crippen LogP contribution in [-0.2, 0) is 31.3 Å². The van der Waals surface area contributed by atoms with E-state index in [0.29, 0.717) is 23.5 Å². The zero-order valence-electron chi connectivity index (χ0n) is 25.9. The number of ether oxygens (including phenoxy) is 1. The summed E-state index contributed by atoms with van der Waals surface area (Å²) in [4.78, 5) is 44.9. The van der Waals surface area contributed by atoms with Crippen LogP contribution in [0.1, 0.15) is 37.3 Å². The van der Waals surface area contributed by atoms with Crippen molar-refractivity contribution in [1.29, 1.82) is 0 Å². The van der Waals surface area contributed by atoms with E-state index in [4.69, 9.17) is 4.74 Å². The molecule has 0 aliphatic carbocycles. The molecule has 0 radical (unpaired) electrons. The van der Waals surface area contributed by atoms with Crippen molar-refractivity contribution < 1.29 is 28.3 Å². The van der Waals surface area contributed by atoms with Crippen LogP contribution >= 0.6 is 0 Å². The fourth-order valence-corrected chi connectivity index (χ4v) is 10.3. The number of aliphatic hydroxyl groups is 1. The summed E-state index contributed by atoms with van der Waals surface area (Å²) >= 11 is 0. The molecule has 0 bridgehead atoms. The number of carbonyl (C=O) groups excluding carboxylic acids is 3. The van der Waals surface area contributed by atoms with Gasteiger partial charge in [0.05, 0.1) is 37.4 Å². The van der Waals surface area contributed by atoms with Crippen molar-refractivity contribution in [3.8, 4) is 0 Å². The molecule has 3 heterocycles. The van der Waals surface area contributed by atoms with Crippen LogP contribution in [0, 0.1) is 5.92 Å². The molecule has 10 heteroatoms. The normalized spacial score (nSPS) is 26.0. The quantitative estimate of drug-likeness (QED) is 0.187. The Balaban J connectivity index is 1.29. The van der Waals surface area contributed by atoms with Gasteiger partial charge in [-0.05, 0) is 61.8 Å². The molecule has 1 spiro atoms. The maximum Gasteiger partial charge on any atom is 0.264 e. The fourth-order valence-electron chi connectivity index (χ4n) is 7.81. The van der Waals surface area contributed by atoms with Crippen molar-refractivity contribution in [2.45, 2.75) is 69.1 Å². The highest BCUT2D eigenvalue weighted by atomic mass is 28.4. The Labute approximate surface area is 264 Å². The van der Waals surface area contributed by atoms with Gasteiger partial charge in [0.2, 0.25) is 20.7 Å². The third kappa shape index (κ3) is 5.38. The summed E-state index contributed by atoms with van der Waals surface area (Å²) in [6.45, 7) is 5.86. The van der Waals surface area contributed by atoms with Crippen LogP contribution in [0.3, 0.4) is 0 Å². The van der Waals surface area contributed by atoms with E-state index in [9.17, 15) is 19.5 Å². The van der Waals surface area contributed by atoms with E-state index in [1.54, 1.807) is 27.8 Å². The molecule has 3 aliphatic heterocycles. The lowest BCUT2D eigenvalue weighted by molar-refractivity contribution is -0.150. The zero-order chi connectivity index (χ0) is 31.9. The SMILES string of the molecule is C[C@H]1[C@H]([Si](C)(C)F)[C@@H](CC(=O)N2CCC[C@H]2CO)O[C@]12C(=O)N(Cc1ccc(N(C=O)c3ccccc3)cc1)c1ccccc12. The number of hydrogen-bond donors (Lipinski definition) is 1. The second kappa shape index (κ2) is 12.1. The maximum absolute atomic E-state index is 16.1. The predicted molar refractivity (Wildman–Crippen MR) is 173 cm³/mol. The number of nitrogens with zero attached hydrogens (tertiary/aromatic N) is 3. The Hall–Kier alpha value is -3.86. The lowest BCUT2D eigenvalue weighted by atomic mass is 9.82. The van der Waals surface area contributed by atoms with Gasteiger partial charge in [-0.3, -0.25) is 19.3 Å². The van der Waals surface area contributed by atoms with Gasteiger partial charge >= 0.3 is 0 Å². The van der Waals surface area contributed by atoms with E-state index >= 15 is 4.11 Å². The molecular weight excluding hydrogens is 589 g/mol. The Kier molecular flexibility index (Phi) is 8.40. The van der Waals surface area contributed by atoms with Crippen LogP contribution in [0.15, 0.2) is 78.9 Å². The molecule has 2 saturated heterocycles. The molecule has 5 atom stereocenters. The number of carbonyl (C=O) groups is 3. The molecule has 6 rings (SSSR count). The average Bonchev–Trinajstić information content (AvgIpc) is 3.69. The van der Waals surface area contributed by atoms with E-state index in [1.807, 2.05) is 85.8 Å². The summed E-state index contributed by atoms with van der Waals surface area (Å²) in [5.41, 5.74) is 1.72. The first-order valence-corrected chi connectivity index (χ1v) is 18.6. The molecule has 3 amide bonds. The molecule has 0 saturated carbocycles. The minimum absolute atomic E-state index is 0.0286. The van der Waals surface area contributed by atoms with Gasteiger partial charge in [0.1, 0.15) is 0 Å². The number of rotatable bonds is 9. The summed E-state index contributed by atoms with van der Waals surface area (Å²) in [5.74, 6) is -0.923. The van der Waals surface area contributed by atoms with Crippen LogP contribution in [0.2, 0.25) is 18.6 Å². The molecule has 0 aromatic heterocycles. The first kappa shape index (κ1) is 31.1. The third-order valence-electron chi connectivity index (χ3n) is 9.85. The van der Waals surface area contributed by atoms with Gasteiger partial charge in [0.25, 0.3) is 5.91 Å². The number of aliphatic hydroxyl groups excluding tert-OH is 1. The molecule has 3 aromatic rings. The number of para-hydroxylation sites is 2. The summed E-state index contributed by atoms with van der Waals surface area (Å²) in [7, 11) is -3.42. The van der Waals surface area contributed by atoms with Gasteiger partial charge < -0.3 is 23.8 Å². The van der Waals surface area contributed by atoms with Gasteiger partial charge in [0, 0.05) is 34.9 Å². The molecule has 236 valence electrons. The Morgan fingerprint density at radius 2 is 1.73 bits per heavy atom. The van der Waals surface area contributed by atoms with Crippen LogP contribution in [0.4, 0.5) is 21.2 Å². The molecule has 8 nitrogen and oxygen atoms in total. The predicted octanol–water partition coefficient (Wildman–Crippen LogP) is 5.68. The lowest BCUT2D eigenvalue weighted by Crippen LogP contribution is -2.45. The highest BCUT2D eigenvalue weighted by Gasteiger charge is 2.67. The van der Waals surface area contributed by atoms with Crippen molar-refractivity contribution in [2.75, 3.05) is 23.0 Å². The Morgan fingerprint density at radius 1 is 1.07 bits per heavy atom. The zero-order valence-corrected chi connectivity index (χ0v) is 26.9. The topological polar surface area (TPSA) is 90.4 Å². The lowest BCUT2D eigenvalue weighted by Gasteiger charge is -2.31. The summed E-state index contributed by atoms with van der Waals surface area (Å²) < 4.78 is 22.9. The van der Waals surface area contributed by atoms with Gasteiger partial charge in [-0.2, -0.15) is 0 Å². The second-order valence-electron chi connectivity index (χ2n) is 12.9. The van der Waals surface area contributed by atoms with Crippen LogP contribution in [-0.4, -0.2) is 61.9 Å². The van der Waals surface area contributed by atoms with Crippen molar-refractivity contribution in [3.05, 3.63) is 90.0 Å². The summed E-state index contributed by atoms with van der Waals surface area (Å²) in [6, 6.07) is 24.1. The smallest absolute Gasteiger partial charge is 0.264 e. The van der Waals surface area contributed by atoms with Crippen molar-refractivity contribution in [2.24, 2.45) is 5.92 Å². The number of hydrogen-bond acceptors (Lipinski definition) is 5. The highest BCUT2D eigenvalue weighted by molar-refractivity contribution is 6.72. The second-order valence-corrected chi connectivity index (χ2v) is 16.7. The van der Waals surface area contributed by atoms with Crippen LogP contribution in [0.5, 0.6) is 0 Å². The summed E-state index contributed by atoms with van der Waals surface area (Å²) in [6.07, 6.45) is 1.54. The van der Waals surface area contributed by atoms with Gasteiger partial charge in [-0.15, -0.1) is 0 Å². The number of likely N-dealkylation sites (tertiary alicyclic amines) is 1.